The van der Waals surface area contributed by atoms with E-state index in [2.05, 4.69) is 4.98 Å². The summed E-state index contributed by atoms with van der Waals surface area (Å²) in [6.07, 6.45) is 0. The Labute approximate surface area is 116 Å². The van der Waals surface area contributed by atoms with E-state index in [1.807, 2.05) is 6.92 Å². The topological polar surface area (TPSA) is 81.8 Å². The number of benzene rings is 1. The number of aromatic carboxylic acids is 1. The molecule has 0 aliphatic rings. The van der Waals surface area contributed by atoms with E-state index >= 15 is 0 Å². The molecule has 0 atom stereocenters. The number of methoxy groups -OCH3 is 1. The lowest BCUT2D eigenvalue weighted by Crippen LogP contribution is -2.05. The normalized spacial score (nSPS) is 10.3. The minimum absolute atomic E-state index is 0.0318. The lowest BCUT2D eigenvalue weighted by atomic mass is 10.2. The van der Waals surface area contributed by atoms with E-state index in [4.69, 9.17) is 19.0 Å². The average Bonchev–Trinajstić information content (AvgIpc) is 2.74. The Morgan fingerprint density at radius 2 is 2.15 bits per heavy atom. The first-order chi connectivity index (χ1) is 9.52. The highest BCUT2D eigenvalue weighted by Crippen LogP contribution is 2.31. The zero-order chi connectivity index (χ0) is 14.7. The van der Waals surface area contributed by atoms with Crippen molar-refractivity contribution in [1.82, 2.24) is 4.98 Å². The smallest absolute Gasteiger partial charge is 0.339 e. The summed E-state index contributed by atoms with van der Waals surface area (Å²) >= 11 is 0. The summed E-state index contributed by atoms with van der Waals surface area (Å²) in [5.74, 6) is 0.531. The van der Waals surface area contributed by atoms with Gasteiger partial charge >= 0.3 is 5.97 Å². The summed E-state index contributed by atoms with van der Waals surface area (Å²) in [4.78, 5) is 15.4. The van der Waals surface area contributed by atoms with Crippen LogP contribution >= 0.6 is 0 Å². The number of hydrogen-bond donors (Lipinski definition) is 1. The van der Waals surface area contributed by atoms with Crippen LogP contribution < -0.4 is 9.47 Å². The van der Waals surface area contributed by atoms with E-state index in [0.717, 1.165) is 5.69 Å². The molecule has 1 aromatic carbocycles. The van der Waals surface area contributed by atoms with Crippen LogP contribution in [0, 0.1) is 13.8 Å². The summed E-state index contributed by atoms with van der Waals surface area (Å²) < 4.78 is 16.0. The number of para-hydroxylation sites is 1. The quantitative estimate of drug-likeness (QED) is 0.904. The van der Waals surface area contributed by atoms with Crippen molar-refractivity contribution < 1.29 is 23.8 Å². The second-order valence-electron chi connectivity index (χ2n) is 4.18. The first-order valence-electron chi connectivity index (χ1n) is 5.99. The van der Waals surface area contributed by atoms with Gasteiger partial charge in [0.2, 0.25) is 5.89 Å². The molecule has 20 heavy (non-hydrogen) atoms. The molecule has 0 aliphatic carbocycles. The van der Waals surface area contributed by atoms with Gasteiger partial charge in [-0.2, -0.15) is 0 Å². The van der Waals surface area contributed by atoms with E-state index in [1.165, 1.54) is 13.2 Å². The van der Waals surface area contributed by atoms with Crippen LogP contribution in [0.25, 0.3) is 0 Å². The van der Waals surface area contributed by atoms with Crippen LogP contribution in [0.15, 0.2) is 22.6 Å². The second-order valence-corrected chi connectivity index (χ2v) is 4.18. The number of oxazole rings is 1. The zero-order valence-corrected chi connectivity index (χ0v) is 11.5. The number of carbonyl (C=O) groups is 1. The van der Waals surface area contributed by atoms with Crippen LogP contribution in [0.2, 0.25) is 0 Å². The molecule has 0 spiro atoms. The molecule has 2 aromatic rings. The van der Waals surface area contributed by atoms with Crippen molar-refractivity contribution in [3.63, 3.8) is 0 Å². The molecule has 0 fully saturated rings. The van der Waals surface area contributed by atoms with Crippen molar-refractivity contribution in [2.45, 2.75) is 20.5 Å². The minimum Gasteiger partial charge on any atom is -0.493 e. The van der Waals surface area contributed by atoms with E-state index < -0.39 is 5.97 Å². The molecule has 0 unspecified atom stereocenters. The molecule has 0 aliphatic heterocycles. The second kappa shape index (κ2) is 5.64. The number of aryl methyl sites for hydroxylation is 2. The predicted octanol–water partition coefficient (Wildman–Crippen LogP) is 2.58. The van der Waals surface area contributed by atoms with Crippen molar-refractivity contribution in [3.8, 4) is 11.5 Å². The summed E-state index contributed by atoms with van der Waals surface area (Å²) in [6.45, 7) is 3.67. The third-order valence-electron chi connectivity index (χ3n) is 2.84. The number of carboxylic acid groups (broad SMARTS) is 1. The monoisotopic (exact) mass is 277 g/mol. The maximum absolute atomic E-state index is 11.2. The van der Waals surface area contributed by atoms with E-state index in [-0.39, 0.29) is 17.9 Å². The van der Waals surface area contributed by atoms with E-state index in [0.29, 0.717) is 17.4 Å². The molecule has 6 heteroatoms. The Hall–Kier alpha value is -2.50. The summed E-state index contributed by atoms with van der Waals surface area (Å²) in [5, 5.41) is 9.16. The Kier molecular flexibility index (Phi) is 3.93. The third-order valence-corrected chi connectivity index (χ3v) is 2.84. The molecule has 1 heterocycles. The Morgan fingerprint density at radius 1 is 1.40 bits per heavy atom. The molecule has 2 rings (SSSR count). The predicted molar refractivity (Wildman–Crippen MR) is 70.3 cm³/mol. The number of carboxylic acids is 1. The lowest BCUT2D eigenvalue weighted by molar-refractivity contribution is 0.0690. The third kappa shape index (κ3) is 2.74. The highest BCUT2D eigenvalue weighted by atomic mass is 16.5. The Bertz CT molecular complexity index is 613. The van der Waals surface area contributed by atoms with Crippen LogP contribution in [-0.4, -0.2) is 23.2 Å². The average molecular weight is 277 g/mol. The first-order valence-corrected chi connectivity index (χ1v) is 5.99. The maximum atomic E-state index is 11.2. The number of hydrogen-bond acceptors (Lipinski definition) is 5. The van der Waals surface area contributed by atoms with Gasteiger partial charge in [0.05, 0.1) is 12.8 Å². The van der Waals surface area contributed by atoms with Crippen LogP contribution in [0.1, 0.15) is 27.7 Å². The largest absolute Gasteiger partial charge is 0.493 e. The fourth-order valence-corrected chi connectivity index (χ4v) is 1.73. The van der Waals surface area contributed by atoms with Crippen LogP contribution in [0.3, 0.4) is 0 Å². The van der Waals surface area contributed by atoms with Gasteiger partial charge in [-0.25, -0.2) is 9.78 Å². The van der Waals surface area contributed by atoms with Gasteiger partial charge in [0.15, 0.2) is 18.1 Å². The van der Waals surface area contributed by atoms with Crippen molar-refractivity contribution in [1.29, 1.82) is 0 Å². The fourth-order valence-electron chi connectivity index (χ4n) is 1.73. The molecule has 0 saturated heterocycles. The lowest BCUT2D eigenvalue weighted by Gasteiger charge is -2.11. The molecule has 6 nitrogen and oxygen atoms in total. The van der Waals surface area contributed by atoms with Gasteiger partial charge < -0.3 is 19.0 Å². The highest BCUT2D eigenvalue weighted by molar-refractivity contribution is 5.92. The molecule has 1 N–H and O–H groups in total. The molecular formula is C14H15NO5. The van der Waals surface area contributed by atoms with Crippen LogP contribution in [0.5, 0.6) is 11.5 Å². The SMILES string of the molecule is COc1cccc(C(=O)O)c1OCc1nc(C)c(C)o1. The van der Waals surface area contributed by atoms with Gasteiger partial charge in [-0.1, -0.05) is 6.07 Å². The first kappa shape index (κ1) is 13.9. The number of rotatable bonds is 5. The van der Waals surface area contributed by atoms with Crippen LogP contribution in [0.4, 0.5) is 0 Å². The standard InChI is InChI=1S/C14H15NO5/c1-8-9(2)20-12(15-8)7-19-13-10(14(16)17)5-4-6-11(13)18-3/h4-6H,7H2,1-3H3,(H,16,17). The zero-order valence-electron chi connectivity index (χ0n) is 11.5. The van der Waals surface area contributed by atoms with Gasteiger partial charge in [-0.05, 0) is 26.0 Å². The Morgan fingerprint density at radius 3 is 2.70 bits per heavy atom. The summed E-state index contributed by atoms with van der Waals surface area (Å²) in [7, 11) is 1.45. The van der Waals surface area contributed by atoms with Crippen LogP contribution in [-0.2, 0) is 6.61 Å². The van der Waals surface area contributed by atoms with Crippen molar-refractivity contribution in [3.05, 3.63) is 41.1 Å². The summed E-state index contributed by atoms with van der Waals surface area (Å²) in [5.41, 5.74) is 0.812. The fraction of sp³-hybridized carbons (Fsp3) is 0.286. The summed E-state index contributed by atoms with van der Waals surface area (Å²) in [6, 6.07) is 4.68. The highest BCUT2D eigenvalue weighted by Gasteiger charge is 2.17. The van der Waals surface area contributed by atoms with Crippen molar-refractivity contribution in [2.24, 2.45) is 0 Å². The van der Waals surface area contributed by atoms with Gasteiger partial charge in [0.25, 0.3) is 0 Å². The molecule has 0 bridgehead atoms. The van der Waals surface area contributed by atoms with Gasteiger partial charge in [0.1, 0.15) is 11.3 Å². The van der Waals surface area contributed by atoms with Gasteiger partial charge in [-0.3, -0.25) is 0 Å². The number of aromatic nitrogens is 1. The molecule has 1 aromatic heterocycles. The van der Waals surface area contributed by atoms with Gasteiger partial charge in [0, 0.05) is 0 Å². The number of ether oxygens (including phenoxy) is 2. The molecule has 106 valence electrons. The molecule has 0 amide bonds. The van der Waals surface area contributed by atoms with E-state index in [9.17, 15) is 4.79 Å². The van der Waals surface area contributed by atoms with Crippen molar-refractivity contribution >= 4 is 5.97 Å². The maximum Gasteiger partial charge on any atom is 0.339 e. The molecule has 0 radical (unpaired) electrons. The molecule has 0 saturated carbocycles. The Balaban J connectivity index is 2.25. The van der Waals surface area contributed by atoms with E-state index in [1.54, 1.807) is 19.1 Å². The minimum atomic E-state index is -1.08. The number of nitrogens with zero attached hydrogens (tertiary/aromatic N) is 1. The van der Waals surface area contributed by atoms with Crippen molar-refractivity contribution in [2.75, 3.05) is 7.11 Å². The van der Waals surface area contributed by atoms with Gasteiger partial charge in [-0.15, -0.1) is 0 Å². The molecular weight excluding hydrogens is 262 g/mol.